The zero-order chi connectivity index (χ0) is 10.0. The van der Waals surface area contributed by atoms with E-state index in [0.29, 0.717) is 0 Å². The van der Waals surface area contributed by atoms with Crippen LogP contribution in [-0.4, -0.2) is 24.0 Å². The van der Waals surface area contributed by atoms with Crippen LogP contribution in [0.15, 0.2) is 0 Å². The molecule has 0 aromatic rings. The van der Waals surface area contributed by atoms with Crippen molar-refractivity contribution in [3.8, 4) is 0 Å². The number of amides is 1. The fraction of sp³-hybridized carbons (Fsp3) is 0.909. The van der Waals surface area contributed by atoms with Crippen molar-refractivity contribution in [2.45, 2.75) is 57.0 Å². The number of hydrogen-bond acceptors (Lipinski definition) is 2. The Hall–Kier alpha value is -0.570. The summed E-state index contributed by atoms with van der Waals surface area (Å²) in [5.41, 5.74) is 0.154. The van der Waals surface area contributed by atoms with E-state index in [9.17, 15) is 4.79 Å². The molecule has 1 amide bonds. The first kappa shape index (κ1) is 9.97. The fourth-order valence-corrected chi connectivity index (χ4v) is 2.43. The van der Waals surface area contributed by atoms with Crippen LogP contribution in [0.5, 0.6) is 0 Å². The van der Waals surface area contributed by atoms with Crippen LogP contribution in [0.4, 0.5) is 0 Å². The zero-order valence-electron chi connectivity index (χ0n) is 8.94. The van der Waals surface area contributed by atoms with Gasteiger partial charge < -0.3 is 10.6 Å². The summed E-state index contributed by atoms with van der Waals surface area (Å²) in [6, 6.07) is 0.0824. The maximum absolute atomic E-state index is 11.8. The molecule has 2 N–H and O–H groups in total. The minimum Gasteiger partial charge on any atom is -0.349 e. The lowest BCUT2D eigenvalue weighted by Gasteiger charge is -2.42. The summed E-state index contributed by atoms with van der Waals surface area (Å²) in [5, 5.41) is 6.46. The van der Waals surface area contributed by atoms with Crippen LogP contribution in [0.25, 0.3) is 0 Å². The Morgan fingerprint density at radius 1 is 1.50 bits per heavy atom. The molecule has 0 bridgehead atoms. The smallest absolute Gasteiger partial charge is 0.237 e. The van der Waals surface area contributed by atoms with E-state index in [1.807, 2.05) is 0 Å². The number of hydrogen-bond donors (Lipinski definition) is 2. The van der Waals surface area contributed by atoms with E-state index in [4.69, 9.17) is 0 Å². The third-order valence-corrected chi connectivity index (χ3v) is 3.75. The molecule has 1 saturated heterocycles. The maximum Gasteiger partial charge on any atom is 0.237 e. The van der Waals surface area contributed by atoms with E-state index in [2.05, 4.69) is 17.6 Å². The second-order valence-corrected chi connectivity index (χ2v) is 4.63. The maximum atomic E-state index is 11.8. The molecular formula is C11H20N2O. The standard InChI is InChI=1S/C11H20N2O/c1-2-11(6-4-7-11)13-10(14)9-5-3-8-12-9/h9,12H,2-8H2,1H3,(H,13,14)/t9-/m0/s1. The van der Waals surface area contributed by atoms with Gasteiger partial charge in [0, 0.05) is 5.54 Å². The van der Waals surface area contributed by atoms with E-state index < -0.39 is 0 Å². The van der Waals surface area contributed by atoms with Gasteiger partial charge in [0.2, 0.25) is 5.91 Å². The molecule has 1 aliphatic carbocycles. The fourth-order valence-electron chi connectivity index (χ4n) is 2.43. The van der Waals surface area contributed by atoms with Crippen LogP contribution < -0.4 is 10.6 Å². The van der Waals surface area contributed by atoms with Crippen molar-refractivity contribution in [1.82, 2.24) is 10.6 Å². The molecule has 0 radical (unpaired) electrons. The number of carbonyl (C=O) groups is 1. The van der Waals surface area contributed by atoms with Crippen LogP contribution in [0.3, 0.4) is 0 Å². The van der Waals surface area contributed by atoms with E-state index >= 15 is 0 Å². The Labute approximate surface area is 85.6 Å². The van der Waals surface area contributed by atoms with Gasteiger partial charge in [-0.25, -0.2) is 0 Å². The average Bonchev–Trinajstić information content (AvgIpc) is 2.63. The average molecular weight is 196 g/mol. The van der Waals surface area contributed by atoms with Gasteiger partial charge in [-0.05, 0) is 45.1 Å². The second kappa shape index (κ2) is 3.89. The van der Waals surface area contributed by atoms with E-state index in [1.54, 1.807) is 0 Å². The summed E-state index contributed by atoms with van der Waals surface area (Å²) in [5.74, 6) is 0.226. The minimum atomic E-state index is 0.0824. The highest BCUT2D eigenvalue weighted by atomic mass is 16.2. The highest BCUT2D eigenvalue weighted by Crippen LogP contribution is 2.34. The van der Waals surface area contributed by atoms with E-state index in [0.717, 1.165) is 25.8 Å². The van der Waals surface area contributed by atoms with Crippen molar-refractivity contribution in [3.05, 3.63) is 0 Å². The normalized spacial score (nSPS) is 29.6. The van der Waals surface area contributed by atoms with Crippen LogP contribution in [0, 0.1) is 0 Å². The van der Waals surface area contributed by atoms with E-state index in [-0.39, 0.29) is 17.5 Å². The van der Waals surface area contributed by atoms with Crippen molar-refractivity contribution in [3.63, 3.8) is 0 Å². The molecule has 3 heteroatoms. The lowest BCUT2D eigenvalue weighted by atomic mass is 9.74. The van der Waals surface area contributed by atoms with Gasteiger partial charge in [0.15, 0.2) is 0 Å². The first-order valence-corrected chi connectivity index (χ1v) is 5.81. The van der Waals surface area contributed by atoms with Crippen LogP contribution in [0.2, 0.25) is 0 Å². The van der Waals surface area contributed by atoms with Crippen molar-refractivity contribution in [1.29, 1.82) is 0 Å². The summed E-state index contributed by atoms with van der Waals surface area (Å²) in [6.45, 7) is 3.17. The molecular weight excluding hydrogens is 176 g/mol. The quantitative estimate of drug-likeness (QED) is 0.712. The Balaban J connectivity index is 1.86. The molecule has 80 valence electrons. The van der Waals surface area contributed by atoms with Crippen molar-refractivity contribution < 1.29 is 4.79 Å². The molecule has 1 atom stereocenters. The van der Waals surface area contributed by atoms with Gasteiger partial charge in [-0.2, -0.15) is 0 Å². The number of rotatable bonds is 3. The van der Waals surface area contributed by atoms with Crippen molar-refractivity contribution in [2.24, 2.45) is 0 Å². The summed E-state index contributed by atoms with van der Waals surface area (Å²) in [6.07, 6.45) is 6.82. The van der Waals surface area contributed by atoms with Crippen molar-refractivity contribution >= 4 is 5.91 Å². The van der Waals surface area contributed by atoms with Crippen LogP contribution in [-0.2, 0) is 4.79 Å². The molecule has 1 heterocycles. The van der Waals surface area contributed by atoms with Gasteiger partial charge in [-0.1, -0.05) is 6.92 Å². The Morgan fingerprint density at radius 2 is 2.29 bits per heavy atom. The molecule has 0 unspecified atom stereocenters. The highest BCUT2D eigenvalue weighted by molar-refractivity contribution is 5.82. The molecule has 0 spiro atoms. The predicted octanol–water partition coefficient (Wildman–Crippen LogP) is 1.19. The molecule has 14 heavy (non-hydrogen) atoms. The lowest BCUT2D eigenvalue weighted by molar-refractivity contribution is -0.125. The second-order valence-electron chi connectivity index (χ2n) is 4.63. The van der Waals surface area contributed by atoms with Gasteiger partial charge in [0.25, 0.3) is 0 Å². The molecule has 2 rings (SSSR count). The molecule has 0 aromatic heterocycles. The third-order valence-electron chi connectivity index (χ3n) is 3.75. The predicted molar refractivity (Wildman–Crippen MR) is 56.0 cm³/mol. The van der Waals surface area contributed by atoms with Gasteiger partial charge in [0.1, 0.15) is 0 Å². The van der Waals surface area contributed by atoms with Gasteiger partial charge in [0.05, 0.1) is 6.04 Å². The summed E-state index contributed by atoms with van der Waals surface area (Å²) < 4.78 is 0. The monoisotopic (exact) mass is 196 g/mol. The first-order chi connectivity index (χ1) is 6.76. The molecule has 2 aliphatic rings. The number of nitrogens with one attached hydrogen (secondary N) is 2. The molecule has 3 nitrogen and oxygen atoms in total. The lowest BCUT2D eigenvalue weighted by Crippen LogP contribution is -2.56. The SMILES string of the molecule is CCC1(NC(=O)[C@@H]2CCCN2)CCC1. The Morgan fingerprint density at radius 3 is 2.71 bits per heavy atom. The van der Waals surface area contributed by atoms with E-state index in [1.165, 1.54) is 19.3 Å². The largest absolute Gasteiger partial charge is 0.349 e. The van der Waals surface area contributed by atoms with Crippen LogP contribution in [0.1, 0.15) is 45.4 Å². The Bertz CT molecular complexity index is 212. The minimum absolute atomic E-state index is 0.0824. The summed E-state index contributed by atoms with van der Waals surface area (Å²) >= 11 is 0. The zero-order valence-corrected chi connectivity index (χ0v) is 8.94. The van der Waals surface area contributed by atoms with Crippen LogP contribution >= 0.6 is 0 Å². The third kappa shape index (κ3) is 1.78. The molecule has 1 aliphatic heterocycles. The summed E-state index contributed by atoms with van der Waals surface area (Å²) in [4.78, 5) is 11.8. The topological polar surface area (TPSA) is 41.1 Å². The van der Waals surface area contributed by atoms with Gasteiger partial charge in [-0.15, -0.1) is 0 Å². The van der Waals surface area contributed by atoms with Crippen molar-refractivity contribution in [2.75, 3.05) is 6.54 Å². The highest BCUT2D eigenvalue weighted by Gasteiger charge is 2.38. The number of carbonyl (C=O) groups excluding carboxylic acids is 1. The Kier molecular flexibility index (Phi) is 2.77. The summed E-state index contributed by atoms with van der Waals surface area (Å²) in [7, 11) is 0. The molecule has 1 saturated carbocycles. The first-order valence-electron chi connectivity index (χ1n) is 5.81. The van der Waals surface area contributed by atoms with Gasteiger partial charge >= 0.3 is 0 Å². The molecule has 2 fully saturated rings. The van der Waals surface area contributed by atoms with Gasteiger partial charge in [-0.3, -0.25) is 4.79 Å². The molecule has 0 aromatic carbocycles.